The molecule has 0 radical (unpaired) electrons. The smallest absolute Gasteiger partial charge is 0.308 e. The average molecular weight is 294 g/mol. The number of amides is 1. The summed E-state index contributed by atoms with van der Waals surface area (Å²) in [5.74, 6) is -0.427. The van der Waals surface area contributed by atoms with Gasteiger partial charge in [-0.15, -0.1) is 0 Å². The van der Waals surface area contributed by atoms with Crippen molar-refractivity contribution in [1.29, 1.82) is 0 Å². The maximum atomic E-state index is 12.6. The van der Waals surface area contributed by atoms with Gasteiger partial charge in [0.2, 0.25) is 0 Å². The first-order chi connectivity index (χ1) is 9.99. The highest BCUT2D eigenvalue weighted by Crippen LogP contribution is 2.23. The average Bonchev–Trinajstić information content (AvgIpc) is 2.81. The number of anilines is 1. The van der Waals surface area contributed by atoms with E-state index in [1.807, 2.05) is 6.92 Å². The Balaban J connectivity index is 2.11. The van der Waals surface area contributed by atoms with E-state index in [0.717, 1.165) is 0 Å². The molecule has 1 aromatic heterocycles. The molecule has 0 aromatic carbocycles. The van der Waals surface area contributed by atoms with Crippen LogP contribution < -0.4 is 5.73 Å². The van der Waals surface area contributed by atoms with E-state index in [9.17, 15) is 9.59 Å². The molecule has 1 amide bonds. The van der Waals surface area contributed by atoms with Crippen LogP contribution in [0.25, 0.3) is 0 Å². The minimum Gasteiger partial charge on any atom is -0.469 e. The molecule has 0 bridgehead atoms. The lowest BCUT2D eigenvalue weighted by atomic mass is 9.97. The number of hydrogen-bond acceptors (Lipinski definition) is 5. The molecule has 116 valence electrons. The highest BCUT2D eigenvalue weighted by atomic mass is 16.5. The summed E-state index contributed by atoms with van der Waals surface area (Å²) < 4.78 is 6.39. The van der Waals surface area contributed by atoms with Gasteiger partial charge in [0.15, 0.2) is 0 Å². The second-order valence-corrected chi connectivity index (χ2v) is 5.25. The van der Waals surface area contributed by atoms with Crippen molar-refractivity contribution in [1.82, 2.24) is 14.7 Å². The number of piperidine rings is 1. The van der Waals surface area contributed by atoms with Gasteiger partial charge in [-0.3, -0.25) is 14.3 Å². The van der Waals surface area contributed by atoms with Crippen LogP contribution >= 0.6 is 0 Å². The van der Waals surface area contributed by atoms with E-state index in [-0.39, 0.29) is 17.8 Å². The van der Waals surface area contributed by atoms with Gasteiger partial charge in [-0.25, -0.2) is 0 Å². The summed E-state index contributed by atoms with van der Waals surface area (Å²) in [6.45, 7) is 5.38. The first kappa shape index (κ1) is 15.3. The first-order valence-corrected chi connectivity index (χ1v) is 7.19. The molecule has 0 atom stereocenters. The zero-order valence-corrected chi connectivity index (χ0v) is 12.8. The minimum absolute atomic E-state index is 0.113. The Morgan fingerprint density at radius 3 is 2.52 bits per heavy atom. The Bertz CT molecular complexity index is 545. The summed E-state index contributed by atoms with van der Waals surface area (Å²) in [6.07, 6.45) is 1.25. The van der Waals surface area contributed by atoms with Gasteiger partial charge >= 0.3 is 5.97 Å². The van der Waals surface area contributed by atoms with Crippen molar-refractivity contribution in [2.45, 2.75) is 33.2 Å². The van der Waals surface area contributed by atoms with Gasteiger partial charge in [-0.1, -0.05) is 0 Å². The Kier molecular flexibility index (Phi) is 4.50. The quantitative estimate of drug-likeness (QED) is 0.833. The number of nitrogens with two attached hydrogens (primary N) is 1. The van der Waals surface area contributed by atoms with E-state index in [4.69, 9.17) is 10.5 Å². The molecule has 2 heterocycles. The lowest BCUT2D eigenvalue weighted by molar-refractivity contribution is -0.146. The van der Waals surface area contributed by atoms with E-state index in [1.165, 1.54) is 7.11 Å². The standard InChI is InChI=1S/C14H22N4O3/c1-4-18-12(11(15)9(2)16-18)13(19)17-7-5-10(6-8-17)14(20)21-3/h10H,4-8,15H2,1-3H3. The highest BCUT2D eigenvalue weighted by molar-refractivity contribution is 5.98. The number of aromatic nitrogens is 2. The second-order valence-electron chi connectivity index (χ2n) is 5.25. The number of carbonyl (C=O) groups is 2. The van der Waals surface area contributed by atoms with Crippen molar-refractivity contribution in [2.24, 2.45) is 5.92 Å². The Morgan fingerprint density at radius 2 is 2.00 bits per heavy atom. The molecule has 0 aliphatic carbocycles. The number of hydrogen-bond donors (Lipinski definition) is 1. The molecule has 1 fully saturated rings. The van der Waals surface area contributed by atoms with E-state index in [0.29, 0.717) is 49.6 Å². The van der Waals surface area contributed by atoms with Crippen molar-refractivity contribution < 1.29 is 14.3 Å². The normalized spacial score (nSPS) is 16.0. The van der Waals surface area contributed by atoms with Crippen LogP contribution in [0.1, 0.15) is 35.9 Å². The van der Waals surface area contributed by atoms with Crippen LogP contribution in [0.3, 0.4) is 0 Å². The topological polar surface area (TPSA) is 90.5 Å². The largest absolute Gasteiger partial charge is 0.469 e. The molecule has 1 aliphatic rings. The molecule has 2 N–H and O–H groups in total. The predicted octanol–water partition coefficient (Wildman–Crippen LogP) is 0.819. The van der Waals surface area contributed by atoms with Crippen LogP contribution in [0.5, 0.6) is 0 Å². The number of nitrogen functional groups attached to an aromatic ring is 1. The number of esters is 1. The maximum absolute atomic E-state index is 12.6. The van der Waals surface area contributed by atoms with Gasteiger partial charge in [0.05, 0.1) is 24.4 Å². The molecule has 1 saturated heterocycles. The molecule has 1 aromatic rings. The summed E-state index contributed by atoms with van der Waals surface area (Å²) in [4.78, 5) is 25.9. The third-order valence-corrected chi connectivity index (χ3v) is 3.99. The van der Waals surface area contributed by atoms with Crippen molar-refractivity contribution in [2.75, 3.05) is 25.9 Å². The number of methoxy groups -OCH3 is 1. The number of nitrogens with zero attached hydrogens (tertiary/aromatic N) is 3. The third-order valence-electron chi connectivity index (χ3n) is 3.99. The number of rotatable bonds is 3. The SMILES string of the molecule is CCn1nc(C)c(N)c1C(=O)N1CCC(C(=O)OC)CC1. The van der Waals surface area contributed by atoms with Crippen LogP contribution in [0.15, 0.2) is 0 Å². The van der Waals surface area contributed by atoms with E-state index >= 15 is 0 Å². The summed E-state index contributed by atoms with van der Waals surface area (Å²) >= 11 is 0. The maximum Gasteiger partial charge on any atom is 0.308 e. The molecule has 0 spiro atoms. The molecule has 1 aliphatic heterocycles. The van der Waals surface area contributed by atoms with Crippen molar-refractivity contribution in [3.8, 4) is 0 Å². The Morgan fingerprint density at radius 1 is 1.38 bits per heavy atom. The number of aryl methyl sites for hydroxylation is 2. The van der Waals surface area contributed by atoms with Gasteiger partial charge < -0.3 is 15.4 Å². The molecule has 21 heavy (non-hydrogen) atoms. The molecule has 0 saturated carbocycles. The van der Waals surface area contributed by atoms with E-state index in [1.54, 1.807) is 16.5 Å². The van der Waals surface area contributed by atoms with Crippen molar-refractivity contribution in [3.05, 3.63) is 11.4 Å². The summed E-state index contributed by atoms with van der Waals surface area (Å²) in [5, 5.41) is 4.27. The summed E-state index contributed by atoms with van der Waals surface area (Å²) in [5.41, 5.74) is 7.54. The van der Waals surface area contributed by atoms with Gasteiger partial charge in [0.25, 0.3) is 5.91 Å². The molecule has 7 heteroatoms. The summed E-state index contributed by atoms with van der Waals surface area (Å²) in [6, 6.07) is 0. The van der Waals surface area contributed by atoms with Crippen LogP contribution in [0.4, 0.5) is 5.69 Å². The molecule has 0 unspecified atom stereocenters. The lowest BCUT2D eigenvalue weighted by Gasteiger charge is -2.30. The van der Waals surface area contributed by atoms with Gasteiger partial charge in [0, 0.05) is 19.6 Å². The number of carbonyl (C=O) groups excluding carboxylic acids is 2. The fourth-order valence-electron chi connectivity index (χ4n) is 2.68. The van der Waals surface area contributed by atoms with Crippen molar-refractivity contribution >= 4 is 17.6 Å². The zero-order chi connectivity index (χ0) is 15.6. The van der Waals surface area contributed by atoms with Gasteiger partial charge in [-0.2, -0.15) is 5.10 Å². The minimum atomic E-state index is -0.198. The predicted molar refractivity (Wildman–Crippen MR) is 77.7 cm³/mol. The van der Waals surface area contributed by atoms with E-state index in [2.05, 4.69) is 5.10 Å². The Hall–Kier alpha value is -2.05. The van der Waals surface area contributed by atoms with Crippen LogP contribution in [-0.2, 0) is 16.1 Å². The lowest BCUT2D eigenvalue weighted by Crippen LogP contribution is -2.41. The van der Waals surface area contributed by atoms with Crippen LogP contribution in [0, 0.1) is 12.8 Å². The van der Waals surface area contributed by atoms with Crippen LogP contribution in [0.2, 0.25) is 0 Å². The van der Waals surface area contributed by atoms with Gasteiger partial charge in [-0.05, 0) is 26.7 Å². The molecule has 2 rings (SSSR count). The fourth-order valence-corrected chi connectivity index (χ4v) is 2.68. The third kappa shape index (κ3) is 2.86. The monoisotopic (exact) mass is 294 g/mol. The summed E-state index contributed by atoms with van der Waals surface area (Å²) in [7, 11) is 1.39. The number of ether oxygens (including phenoxy) is 1. The first-order valence-electron chi connectivity index (χ1n) is 7.19. The zero-order valence-electron chi connectivity index (χ0n) is 12.8. The van der Waals surface area contributed by atoms with Crippen molar-refractivity contribution in [3.63, 3.8) is 0 Å². The Labute approximate surface area is 124 Å². The molecular weight excluding hydrogens is 272 g/mol. The van der Waals surface area contributed by atoms with Gasteiger partial charge in [0.1, 0.15) is 5.69 Å². The van der Waals surface area contributed by atoms with E-state index < -0.39 is 0 Å². The highest BCUT2D eigenvalue weighted by Gasteiger charge is 2.31. The van der Waals surface area contributed by atoms with Crippen LogP contribution in [-0.4, -0.2) is 46.8 Å². The second kappa shape index (κ2) is 6.15. The number of likely N-dealkylation sites (tertiary alicyclic amines) is 1. The fraction of sp³-hybridized carbons (Fsp3) is 0.643. The molecule has 7 nitrogen and oxygen atoms in total. The molecular formula is C14H22N4O3.